The number of Topliss-reactive ketones (excluding diaryl/α,β-unsaturated/α-hetero) is 1. The number of unbranched alkanes of at least 4 members (excludes halogenated alkanes) is 1. The molecule has 0 saturated heterocycles. The number of carbonyl (C=O) groups is 2. The van der Waals surface area contributed by atoms with Crippen molar-refractivity contribution in [2.45, 2.75) is 32.6 Å². The van der Waals surface area contributed by atoms with Crippen LogP contribution >= 0.6 is 0 Å². The number of fused-ring (bicyclic) bond motifs is 1. The quantitative estimate of drug-likeness (QED) is 0.646. The van der Waals surface area contributed by atoms with Crippen molar-refractivity contribution >= 4 is 22.7 Å². The first-order valence-electron chi connectivity index (χ1n) is 6.69. The molecule has 1 aromatic heterocycles. The van der Waals surface area contributed by atoms with Crippen LogP contribution in [0.5, 0.6) is 0 Å². The van der Waals surface area contributed by atoms with Gasteiger partial charge < -0.3 is 5.11 Å². The van der Waals surface area contributed by atoms with Gasteiger partial charge in [0.1, 0.15) is 0 Å². The summed E-state index contributed by atoms with van der Waals surface area (Å²) in [6.45, 7) is 1.96. The van der Waals surface area contributed by atoms with Gasteiger partial charge in [0.25, 0.3) is 0 Å². The maximum atomic E-state index is 12.3. The van der Waals surface area contributed by atoms with Crippen LogP contribution < -0.4 is 0 Å². The van der Waals surface area contributed by atoms with Crippen molar-refractivity contribution in [3.05, 3.63) is 41.6 Å². The molecule has 0 radical (unpaired) electrons. The van der Waals surface area contributed by atoms with Gasteiger partial charge in [-0.2, -0.15) is 0 Å². The summed E-state index contributed by atoms with van der Waals surface area (Å²) >= 11 is 0. The van der Waals surface area contributed by atoms with E-state index in [1.807, 2.05) is 25.1 Å². The number of ketones is 1. The molecular formula is C16H17NO3. The largest absolute Gasteiger partial charge is 0.481 e. The molecular weight excluding hydrogens is 254 g/mol. The number of aryl methyl sites for hydroxylation is 1. The Morgan fingerprint density at radius 3 is 2.65 bits per heavy atom. The molecule has 0 aliphatic carbocycles. The van der Waals surface area contributed by atoms with Crippen molar-refractivity contribution in [3.63, 3.8) is 0 Å². The van der Waals surface area contributed by atoms with Crippen LogP contribution in [0.2, 0.25) is 0 Å². The molecule has 0 fully saturated rings. The van der Waals surface area contributed by atoms with Gasteiger partial charge in [-0.05, 0) is 37.5 Å². The number of nitrogens with zero attached hydrogens (tertiary/aromatic N) is 1. The predicted molar refractivity (Wildman–Crippen MR) is 76.9 cm³/mol. The zero-order valence-corrected chi connectivity index (χ0v) is 11.4. The van der Waals surface area contributed by atoms with Crippen molar-refractivity contribution in [1.82, 2.24) is 4.98 Å². The Morgan fingerprint density at radius 2 is 1.90 bits per heavy atom. The Balaban J connectivity index is 2.16. The number of benzene rings is 1. The first-order valence-corrected chi connectivity index (χ1v) is 6.69. The highest BCUT2D eigenvalue weighted by atomic mass is 16.4. The molecule has 0 unspecified atom stereocenters. The van der Waals surface area contributed by atoms with Crippen molar-refractivity contribution in [1.29, 1.82) is 0 Å². The summed E-state index contributed by atoms with van der Waals surface area (Å²) < 4.78 is 0. The van der Waals surface area contributed by atoms with E-state index in [0.717, 1.165) is 16.5 Å². The van der Waals surface area contributed by atoms with E-state index in [2.05, 4.69) is 4.98 Å². The Morgan fingerprint density at radius 1 is 1.15 bits per heavy atom. The number of aromatic nitrogens is 1. The summed E-state index contributed by atoms with van der Waals surface area (Å²) in [5, 5.41) is 9.48. The number of aliphatic carboxylic acids is 1. The summed E-state index contributed by atoms with van der Waals surface area (Å²) in [7, 11) is 0. The summed E-state index contributed by atoms with van der Waals surface area (Å²) in [6.07, 6.45) is 3.26. The smallest absolute Gasteiger partial charge is 0.303 e. The second-order valence-corrected chi connectivity index (χ2v) is 4.85. The fraction of sp³-hybridized carbons (Fsp3) is 0.312. The van der Waals surface area contributed by atoms with E-state index in [-0.39, 0.29) is 12.2 Å². The highest BCUT2D eigenvalue weighted by Gasteiger charge is 2.12. The lowest BCUT2D eigenvalue weighted by molar-refractivity contribution is -0.137. The third-order valence-electron chi connectivity index (χ3n) is 3.32. The SMILES string of the molecule is Cc1cccc2nccc(C(=O)CCCCC(=O)O)c12. The highest BCUT2D eigenvalue weighted by Crippen LogP contribution is 2.22. The van der Waals surface area contributed by atoms with Gasteiger partial charge in [-0.1, -0.05) is 12.1 Å². The predicted octanol–water partition coefficient (Wildman–Crippen LogP) is 3.37. The van der Waals surface area contributed by atoms with Crippen LogP contribution in [0.1, 0.15) is 41.6 Å². The number of pyridine rings is 1. The molecule has 4 nitrogen and oxygen atoms in total. The van der Waals surface area contributed by atoms with E-state index in [0.29, 0.717) is 24.8 Å². The van der Waals surface area contributed by atoms with Crippen LogP contribution in [0.15, 0.2) is 30.5 Å². The van der Waals surface area contributed by atoms with E-state index >= 15 is 0 Å². The number of hydrogen-bond acceptors (Lipinski definition) is 3. The molecule has 0 amide bonds. The van der Waals surface area contributed by atoms with E-state index in [9.17, 15) is 9.59 Å². The lowest BCUT2D eigenvalue weighted by Gasteiger charge is -2.07. The Kier molecular flexibility index (Phi) is 4.45. The highest BCUT2D eigenvalue weighted by molar-refractivity contribution is 6.08. The van der Waals surface area contributed by atoms with Crippen LogP contribution in [0.3, 0.4) is 0 Å². The zero-order chi connectivity index (χ0) is 14.5. The normalized spacial score (nSPS) is 10.7. The number of carboxylic acid groups (broad SMARTS) is 1. The van der Waals surface area contributed by atoms with Crippen LogP contribution in [0.4, 0.5) is 0 Å². The fourth-order valence-electron chi connectivity index (χ4n) is 2.31. The molecule has 1 N–H and O–H groups in total. The summed E-state index contributed by atoms with van der Waals surface area (Å²) in [5.74, 6) is -0.764. The Hall–Kier alpha value is -2.23. The standard InChI is InChI=1S/C16H17NO3/c1-11-5-4-6-13-16(11)12(9-10-17-13)14(18)7-2-3-8-15(19)20/h4-6,9-10H,2-3,7-8H2,1H3,(H,19,20). The fourth-order valence-corrected chi connectivity index (χ4v) is 2.31. The van der Waals surface area contributed by atoms with Crippen molar-refractivity contribution in [3.8, 4) is 0 Å². The second kappa shape index (κ2) is 6.28. The van der Waals surface area contributed by atoms with Gasteiger partial charge in [0, 0.05) is 30.0 Å². The lowest BCUT2D eigenvalue weighted by atomic mass is 9.98. The van der Waals surface area contributed by atoms with E-state index < -0.39 is 5.97 Å². The molecule has 2 rings (SSSR count). The summed E-state index contributed by atoms with van der Waals surface area (Å²) in [6, 6.07) is 7.52. The summed E-state index contributed by atoms with van der Waals surface area (Å²) in [5.41, 5.74) is 2.54. The number of hydrogen-bond donors (Lipinski definition) is 1. The van der Waals surface area contributed by atoms with Crippen molar-refractivity contribution in [2.75, 3.05) is 0 Å². The molecule has 1 heterocycles. The van der Waals surface area contributed by atoms with Crippen LogP contribution in [0.25, 0.3) is 10.9 Å². The van der Waals surface area contributed by atoms with Gasteiger partial charge >= 0.3 is 5.97 Å². The average Bonchev–Trinajstić information content (AvgIpc) is 2.43. The number of rotatable bonds is 6. The lowest BCUT2D eigenvalue weighted by Crippen LogP contribution is -2.02. The summed E-state index contributed by atoms with van der Waals surface area (Å²) in [4.78, 5) is 27.0. The molecule has 104 valence electrons. The van der Waals surface area contributed by atoms with Gasteiger partial charge in [0.2, 0.25) is 0 Å². The minimum absolute atomic E-state index is 0.0529. The molecule has 20 heavy (non-hydrogen) atoms. The zero-order valence-electron chi connectivity index (χ0n) is 11.4. The maximum Gasteiger partial charge on any atom is 0.303 e. The molecule has 0 aliphatic rings. The third-order valence-corrected chi connectivity index (χ3v) is 3.32. The molecule has 4 heteroatoms. The molecule has 0 spiro atoms. The van der Waals surface area contributed by atoms with Crippen LogP contribution in [0, 0.1) is 6.92 Å². The maximum absolute atomic E-state index is 12.3. The van der Waals surface area contributed by atoms with Crippen molar-refractivity contribution in [2.24, 2.45) is 0 Å². The van der Waals surface area contributed by atoms with Crippen molar-refractivity contribution < 1.29 is 14.7 Å². The van der Waals surface area contributed by atoms with E-state index in [4.69, 9.17) is 5.11 Å². The van der Waals surface area contributed by atoms with Gasteiger partial charge in [0.05, 0.1) is 5.52 Å². The Labute approximate surface area is 117 Å². The molecule has 0 bridgehead atoms. The number of carboxylic acids is 1. The van der Waals surface area contributed by atoms with Crippen LogP contribution in [-0.4, -0.2) is 21.8 Å². The molecule has 0 atom stereocenters. The number of carbonyl (C=O) groups excluding carboxylic acids is 1. The minimum atomic E-state index is -0.817. The average molecular weight is 271 g/mol. The molecule has 1 aromatic carbocycles. The first kappa shape index (κ1) is 14.2. The monoisotopic (exact) mass is 271 g/mol. The molecule has 2 aromatic rings. The van der Waals surface area contributed by atoms with E-state index in [1.54, 1.807) is 12.3 Å². The topological polar surface area (TPSA) is 67.3 Å². The van der Waals surface area contributed by atoms with E-state index in [1.165, 1.54) is 0 Å². The first-order chi connectivity index (χ1) is 9.59. The minimum Gasteiger partial charge on any atom is -0.481 e. The molecule has 0 saturated carbocycles. The molecule has 0 aliphatic heterocycles. The Bertz CT molecular complexity index is 644. The van der Waals surface area contributed by atoms with Gasteiger partial charge in [-0.3, -0.25) is 14.6 Å². The van der Waals surface area contributed by atoms with Gasteiger partial charge in [-0.15, -0.1) is 0 Å². The van der Waals surface area contributed by atoms with Gasteiger partial charge in [-0.25, -0.2) is 0 Å². The third kappa shape index (κ3) is 3.20. The van der Waals surface area contributed by atoms with Gasteiger partial charge in [0.15, 0.2) is 5.78 Å². The second-order valence-electron chi connectivity index (χ2n) is 4.85. The van der Waals surface area contributed by atoms with Crippen LogP contribution in [-0.2, 0) is 4.79 Å².